The lowest BCUT2D eigenvalue weighted by Gasteiger charge is -2.34. The van der Waals surface area contributed by atoms with E-state index in [1.807, 2.05) is 12.1 Å². The van der Waals surface area contributed by atoms with Gasteiger partial charge in [0.05, 0.1) is 4.90 Å². The Kier molecular flexibility index (Phi) is 6.53. The maximum Gasteiger partial charge on any atom is 0.253 e. The summed E-state index contributed by atoms with van der Waals surface area (Å²) in [5, 5.41) is 0. The van der Waals surface area contributed by atoms with Crippen molar-refractivity contribution in [2.75, 3.05) is 26.2 Å². The van der Waals surface area contributed by atoms with E-state index in [2.05, 4.69) is 0 Å². The monoisotopic (exact) mass is 454 g/mol. The third kappa shape index (κ3) is 4.98. The average Bonchev–Trinajstić information content (AvgIpc) is 2.84. The van der Waals surface area contributed by atoms with Crippen LogP contribution in [0, 0.1) is 5.82 Å². The molecule has 1 aliphatic heterocycles. The molecule has 3 aromatic rings. The Balaban J connectivity index is 1.32. The first-order chi connectivity index (χ1) is 15.4. The molecule has 1 fully saturated rings. The Morgan fingerprint density at radius 3 is 2.09 bits per heavy atom. The number of nitrogens with zero attached hydrogens (tertiary/aromatic N) is 2. The SMILES string of the molecule is O=C(c1ccc(COc2ccc(F)cc2)cc1)N1CCN(S(=O)(=O)c2ccccc2)CC1. The summed E-state index contributed by atoms with van der Waals surface area (Å²) in [6.45, 7) is 1.48. The quantitative estimate of drug-likeness (QED) is 0.571. The van der Waals surface area contributed by atoms with Crippen molar-refractivity contribution in [3.63, 3.8) is 0 Å². The van der Waals surface area contributed by atoms with E-state index in [1.165, 1.54) is 16.4 Å². The number of hydrogen-bond donors (Lipinski definition) is 0. The lowest BCUT2D eigenvalue weighted by molar-refractivity contribution is 0.0698. The minimum Gasteiger partial charge on any atom is -0.489 e. The number of hydrogen-bond acceptors (Lipinski definition) is 4. The maximum absolute atomic E-state index is 13.0. The van der Waals surface area contributed by atoms with E-state index in [4.69, 9.17) is 4.74 Å². The molecule has 1 amide bonds. The molecule has 0 aliphatic carbocycles. The van der Waals surface area contributed by atoms with E-state index in [-0.39, 0.29) is 29.7 Å². The third-order valence-corrected chi connectivity index (χ3v) is 7.24. The van der Waals surface area contributed by atoms with Gasteiger partial charge in [0.25, 0.3) is 5.91 Å². The smallest absolute Gasteiger partial charge is 0.253 e. The van der Waals surface area contributed by atoms with Gasteiger partial charge >= 0.3 is 0 Å². The van der Waals surface area contributed by atoms with E-state index in [0.29, 0.717) is 31.0 Å². The molecule has 6 nitrogen and oxygen atoms in total. The fourth-order valence-corrected chi connectivity index (χ4v) is 4.94. The van der Waals surface area contributed by atoms with Gasteiger partial charge in [0.1, 0.15) is 18.2 Å². The Labute approximate surface area is 186 Å². The second-order valence-corrected chi connectivity index (χ2v) is 9.39. The highest BCUT2D eigenvalue weighted by Crippen LogP contribution is 2.19. The van der Waals surface area contributed by atoms with Crippen LogP contribution in [0.2, 0.25) is 0 Å². The Morgan fingerprint density at radius 2 is 1.47 bits per heavy atom. The van der Waals surface area contributed by atoms with Crippen LogP contribution >= 0.6 is 0 Å². The van der Waals surface area contributed by atoms with Crippen molar-refractivity contribution in [2.24, 2.45) is 0 Å². The molecule has 0 saturated carbocycles. The lowest BCUT2D eigenvalue weighted by atomic mass is 10.1. The molecule has 166 valence electrons. The van der Waals surface area contributed by atoms with Gasteiger partial charge in [0.2, 0.25) is 10.0 Å². The summed E-state index contributed by atoms with van der Waals surface area (Å²) in [7, 11) is -3.55. The molecule has 0 bridgehead atoms. The molecule has 0 aromatic heterocycles. The summed E-state index contributed by atoms with van der Waals surface area (Å²) in [5.41, 5.74) is 1.42. The largest absolute Gasteiger partial charge is 0.489 e. The van der Waals surface area contributed by atoms with Crippen molar-refractivity contribution in [3.8, 4) is 5.75 Å². The van der Waals surface area contributed by atoms with E-state index in [9.17, 15) is 17.6 Å². The highest BCUT2D eigenvalue weighted by molar-refractivity contribution is 7.89. The fraction of sp³-hybridized carbons (Fsp3) is 0.208. The number of carbonyl (C=O) groups excluding carboxylic acids is 1. The van der Waals surface area contributed by atoms with Gasteiger partial charge in [-0.05, 0) is 54.1 Å². The highest BCUT2D eigenvalue weighted by Gasteiger charge is 2.30. The molecule has 0 radical (unpaired) electrons. The van der Waals surface area contributed by atoms with E-state index in [0.717, 1.165) is 5.56 Å². The first-order valence-electron chi connectivity index (χ1n) is 10.3. The molecule has 0 unspecified atom stereocenters. The lowest BCUT2D eigenvalue weighted by Crippen LogP contribution is -2.50. The van der Waals surface area contributed by atoms with Gasteiger partial charge in [-0.2, -0.15) is 4.31 Å². The van der Waals surface area contributed by atoms with Crippen LogP contribution in [0.1, 0.15) is 15.9 Å². The van der Waals surface area contributed by atoms with Crippen LogP contribution in [-0.2, 0) is 16.6 Å². The van der Waals surface area contributed by atoms with Crippen molar-refractivity contribution in [2.45, 2.75) is 11.5 Å². The molecule has 4 rings (SSSR count). The predicted molar refractivity (Wildman–Crippen MR) is 118 cm³/mol. The minimum absolute atomic E-state index is 0.132. The summed E-state index contributed by atoms with van der Waals surface area (Å²) >= 11 is 0. The molecular weight excluding hydrogens is 431 g/mol. The van der Waals surface area contributed by atoms with Crippen molar-refractivity contribution < 1.29 is 22.3 Å². The summed E-state index contributed by atoms with van der Waals surface area (Å²) in [5.74, 6) is 0.112. The fourth-order valence-electron chi connectivity index (χ4n) is 3.50. The average molecular weight is 455 g/mol. The van der Waals surface area contributed by atoms with Gasteiger partial charge in [0, 0.05) is 31.7 Å². The number of rotatable bonds is 6. The van der Waals surface area contributed by atoms with E-state index in [1.54, 1.807) is 59.5 Å². The van der Waals surface area contributed by atoms with Crippen molar-refractivity contribution in [1.29, 1.82) is 0 Å². The van der Waals surface area contributed by atoms with E-state index < -0.39 is 10.0 Å². The van der Waals surface area contributed by atoms with Crippen LogP contribution in [0.5, 0.6) is 5.75 Å². The number of ether oxygens (including phenoxy) is 1. The Hall–Kier alpha value is -3.23. The molecule has 1 heterocycles. The Bertz CT molecular complexity index is 1160. The van der Waals surface area contributed by atoms with Crippen LogP contribution in [0.25, 0.3) is 0 Å². The number of benzene rings is 3. The normalized spacial score (nSPS) is 14.8. The molecule has 1 aliphatic rings. The van der Waals surface area contributed by atoms with Crippen LogP contribution in [0.4, 0.5) is 4.39 Å². The van der Waals surface area contributed by atoms with Crippen molar-refractivity contribution in [3.05, 3.63) is 95.8 Å². The number of carbonyl (C=O) groups is 1. The first kappa shape index (κ1) is 22.0. The van der Waals surface area contributed by atoms with Gasteiger partial charge < -0.3 is 9.64 Å². The standard InChI is InChI=1S/C24H23FN2O4S/c25-21-10-12-22(13-11-21)31-18-19-6-8-20(9-7-19)24(28)26-14-16-27(17-15-26)32(29,30)23-4-2-1-3-5-23/h1-13H,14-18H2. The zero-order chi connectivity index (χ0) is 22.6. The number of halogens is 1. The van der Waals surface area contributed by atoms with Crippen LogP contribution in [0.15, 0.2) is 83.8 Å². The van der Waals surface area contributed by atoms with Gasteiger partial charge in [-0.15, -0.1) is 0 Å². The molecule has 0 spiro atoms. The molecule has 1 saturated heterocycles. The molecule has 8 heteroatoms. The molecule has 0 atom stereocenters. The molecule has 0 N–H and O–H groups in total. The summed E-state index contributed by atoms with van der Waals surface area (Å²) < 4.78 is 45.5. The number of sulfonamides is 1. The zero-order valence-corrected chi connectivity index (χ0v) is 18.2. The second kappa shape index (κ2) is 9.50. The van der Waals surface area contributed by atoms with Crippen LogP contribution < -0.4 is 4.74 Å². The number of piperazine rings is 1. The number of amides is 1. The van der Waals surface area contributed by atoms with Gasteiger partial charge in [-0.3, -0.25) is 4.79 Å². The summed E-state index contributed by atoms with van der Waals surface area (Å²) in [6, 6.07) is 21.2. The van der Waals surface area contributed by atoms with Crippen molar-refractivity contribution in [1.82, 2.24) is 9.21 Å². The predicted octanol–water partition coefficient (Wildman–Crippen LogP) is 3.55. The topological polar surface area (TPSA) is 66.9 Å². The molecule has 32 heavy (non-hydrogen) atoms. The second-order valence-electron chi connectivity index (χ2n) is 7.45. The first-order valence-corrected chi connectivity index (χ1v) is 11.7. The summed E-state index contributed by atoms with van der Waals surface area (Å²) in [6.07, 6.45) is 0. The van der Waals surface area contributed by atoms with Crippen molar-refractivity contribution >= 4 is 15.9 Å². The summed E-state index contributed by atoms with van der Waals surface area (Å²) in [4.78, 5) is 14.8. The molecule has 3 aromatic carbocycles. The van der Waals surface area contributed by atoms with Gasteiger partial charge in [-0.25, -0.2) is 12.8 Å². The highest BCUT2D eigenvalue weighted by atomic mass is 32.2. The minimum atomic E-state index is -3.55. The third-order valence-electron chi connectivity index (χ3n) is 5.33. The van der Waals surface area contributed by atoms with E-state index >= 15 is 0 Å². The van der Waals surface area contributed by atoms with Crippen LogP contribution in [-0.4, -0.2) is 49.7 Å². The maximum atomic E-state index is 13.0. The zero-order valence-electron chi connectivity index (χ0n) is 17.4. The van der Waals surface area contributed by atoms with Gasteiger partial charge in [-0.1, -0.05) is 30.3 Å². The van der Waals surface area contributed by atoms with Crippen LogP contribution in [0.3, 0.4) is 0 Å². The molecular formula is C24H23FN2O4S. The Morgan fingerprint density at radius 1 is 0.844 bits per heavy atom. The van der Waals surface area contributed by atoms with Gasteiger partial charge in [0.15, 0.2) is 0 Å².